The summed E-state index contributed by atoms with van der Waals surface area (Å²) >= 11 is 8.12. The summed E-state index contributed by atoms with van der Waals surface area (Å²) in [5.41, 5.74) is 36.6. The van der Waals surface area contributed by atoms with Crippen molar-refractivity contribution in [1.29, 1.82) is 0 Å². The van der Waals surface area contributed by atoms with Gasteiger partial charge in [-0.05, 0) is 176 Å². The number of aryl methyl sites for hydroxylation is 4. The van der Waals surface area contributed by atoms with Crippen molar-refractivity contribution in [2.24, 2.45) is 14.1 Å². The van der Waals surface area contributed by atoms with Gasteiger partial charge in [-0.2, -0.15) is 20.4 Å². The first-order valence-electron chi connectivity index (χ1n) is 38.8. The Balaban J connectivity index is 0.000000122. The van der Waals surface area contributed by atoms with Gasteiger partial charge in [-0.3, -0.25) is 19.2 Å². The van der Waals surface area contributed by atoms with Gasteiger partial charge in [0.15, 0.2) is 22.6 Å². The molecule has 0 bridgehead atoms. The van der Waals surface area contributed by atoms with Gasteiger partial charge in [0.05, 0.1) is 74.3 Å². The molecule has 19 rings (SSSR count). The zero-order chi connectivity index (χ0) is 86.8. The van der Waals surface area contributed by atoms with E-state index in [1.165, 1.54) is 43.5 Å². The number of phenols is 3. The Labute approximate surface area is 716 Å². The van der Waals surface area contributed by atoms with Gasteiger partial charge < -0.3 is 56.5 Å². The molecule has 0 amide bonds. The largest absolute Gasteiger partial charge is 0.508 e. The summed E-state index contributed by atoms with van der Waals surface area (Å²) in [5.74, 6) is 0.402. The van der Waals surface area contributed by atoms with E-state index in [4.69, 9.17) is 44.7 Å². The molecule has 123 heavy (non-hydrogen) atoms. The second-order valence-corrected chi connectivity index (χ2v) is 31.4. The maximum atomic E-state index is 14.0. The highest BCUT2D eigenvalue weighted by Gasteiger charge is 2.26. The van der Waals surface area contributed by atoms with Crippen molar-refractivity contribution in [2.75, 3.05) is 22.9 Å². The summed E-state index contributed by atoms with van der Waals surface area (Å²) in [5, 5.41) is 57.6. The first kappa shape index (κ1) is 81.9. The van der Waals surface area contributed by atoms with Crippen LogP contribution in [-0.2, 0) is 46.8 Å². The van der Waals surface area contributed by atoms with Gasteiger partial charge in [0, 0.05) is 72.2 Å². The quantitative estimate of drug-likeness (QED) is 0.0527. The molecule has 19 aromatic rings. The molecule has 0 saturated heterocycles. The van der Waals surface area contributed by atoms with Gasteiger partial charge in [-0.25, -0.2) is 63.0 Å². The first-order chi connectivity index (χ1) is 59.0. The maximum Gasteiger partial charge on any atom is 0.259 e. The second-order valence-electron chi connectivity index (χ2n) is 30.0. The van der Waals surface area contributed by atoms with Crippen molar-refractivity contribution in [3.8, 4) is 51.0 Å². The van der Waals surface area contributed by atoms with E-state index < -0.39 is 5.82 Å². The molecule has 7 aromatic carbocycles. The number of halogens is 3. The highest BCUT2D eigenvalue weighted by Crippen LogP contribution is 2.38. The Morgan fingerprint density at radius 1 is 0.407 bits per heavy atom. The zero-order valence-electron chi connectivity index (χ0n) is 67.8. The smallest absolute Gasteiger partial charge is 0.259 e. The molecular weight excluding hydrogens is 1700 g/mol. The van der Waals surface area contributed by atoms with Crippen LogP contribution >= 0.6 is 34.2 Å². The van der Waals surface area contributed by atoms with Gasteiger partial charge in [0.2, 0.25) is 0 Å². The molecule has 11 N–H and O–H groups in total. The molecule has 0 aliphatic heterocycles. The van der Waals surface area contributed by atoms with Crippen LogP contribution in [-0.4, -0.2) is 113 Å². The van der Waals surface area contributed by atoms with Crippen molar-refractivity contribution >= 4 is 145 Å². The number of anilines is 4. The summed E-state index contributed by atoms with van der Waals surface area (Å²) in [6.07, 6.45) is 5.54. The van der Waals surface area contributed by atoms with Gasteiger partial charge in [-0.1, -0.05) is 103 Å². The number of hydrogen-bond donors (Lipinski definition) is 7. The predicted octanol–water partition coefficient (Wildman–Crippen LogP) is 13.5. The fourth-order valence-electron chi connectivity index (χ4n) is 15.8. The summed E-state index contributed by atoms with van der Waals surface area (Å²) < 4.78 is 28.3. The average Bonchev–Trinajstić information content (AvgIpc) is 1.66. The number of nitrogens with zero attached hydrogens (tertiary/aromatic N) is 20. The highest BCUT2D eigenvalue weighted by atomic mass is 127. The SMILES string of the molecule is CCn1c(Cn2nc(I)c3c(N)ncnc32)cc2cccc(C)c2c1=O.Cc1cccc2cc(Cn3nc(-c4cc(O)cc(F)c4)c4c(N)ncnc43)n(C)c(=O)c12.Cc1cccc2cc(Cn3nc(-c4ccc(Cl)c(O)c4)c4c(N)ncnc43)n(C(C)C)c(=O)c12.Cc1cccc2cc(Cn3nc(-c4cccc(O)c4)c4c(N)ncnc43)n(C)c(=O)c12. The van der Waals surface area contributed by atoms with Crippen molar-refractivity contribution in [3.63, 3.8) is 0 Å². The number of fused-ring (bicyclic) bond motifs is 8. The Hall–Kier alpha value is -14.9. The third-order valence-electron chi connectivity index (χ3n) is 21.7. The predicted molar refractivity (Wildman–Crippen MR) is 484 cm³/mol. The lowest BCUT2D eigenvalue weighted by Gasteiger charge is -2.18. The molecule has 12 heterocycles. The molecular formula is C89H79ClFIN24O7. The summed E-state index contributed by atoms with van der Waals surface area (Å²) in [4.78, 5) is 86.3. The third-order valence-corrected chi connectivity index (χ3v) is 22.8. The minimum Gasteiger partial charge on any atom is -0.508 e. The molecule has 0 aliphatic carbocycles. The van der Waals surface area contributed by atoms with E-state index >= 15 is 0 Å². The van der Waals surface area contributed by atoms with Crippen LogP contribution < -0.4 is 45.2 Å². The fraction of sp³-hybridized carbons (Fsp3) is 0.169. The number of hydrogen-bond acceptors (Lipinski definition) is 23. The molecule has 0 unspecified atom stereocenters. The molecule has 0 atom stereocenters. The van der Waals surface area contributed by atoms with Crippen LogP contribution in [0.4, 0.5) is 27.7 Å². The molecule has 0 fully saturated rings. The van der Waals surface area contributed by atoms with Crippen LogP contribution in [0, 0.1) is 37.2 Å². The lowest BCUT2D eigenvalue weighted by molar-refractivity contribution is 0.469. The van der Waals surface area contributed by atoms with E-state index in [0.29, 0.717) is 132 Å². The molecule has 0 spiro atoms. The van der Waals surface area contributed by atoms with Crippen LogP contribution in [0.5, 0.6) is 17.2 Å². The number of aromatic nitrogens is 20. The van der Waals surface area contributed by atoms with E-state index in [0.717, 1.165) is 81.4 Å². The number of nitrogens with two attached hydrogens (primary N) is 4. The van der Waals surface area contributed by atoms with Gasteiger partial charge in [-0.15, -0.1) is 0 Å². The highest BCUT2D eigenvalue weighted by molar-refractivity contribution is 14.1. The average molecular weight is 1780 g/mol. The molecule has 0 aliphatic rings. The van der Waals surface area contributed by atoms with Crippen LogP contribution in [0.2, 0.25) is 5.02 Å². The standard InChI is InChI=1S/C25H23ClN6O2.C23H19FN6O2.C23H20N6O2.C18H17IN6O/c1-13(2)32-17(9-15-6-4-5-14(3)20(15)25(32)34)11-31-24-21(23(27)28-12-29-24)22(30-31)16-7-8-18(26)19(33)10-16;1-12-4-3-5-13-7-16(29(2)23(32)18(12)13)10-30-22-19(21(25)26-11-27-22)20(28-30)14-6-15(24)9-17(31)8-14;1-13-5-3-6-14-9-16(28(2)23(31)18(13)14)11-29-22-19(21(24)25-12-26-22)20(27-29)15-7-4-8-17(30)10-15;1-3-24-12(7-11-6-4-5-10(2)13(11)18(24)26)8-25-17-14(15(19)23-25)16(20)21-9-22-17/h4-10,12-13,33H,11H2,1-3H3,(H2,27,28,29);3-9,11,31H,10H2,1-2H3,(H2,25,26,27);3-10,12,30H,11H2,1-2H3,(H2,24,25,26);4-7,9H,3,8H2,1-2H3,(H2,20,21,22). The summed E-state index contributed by atoms with van der Waals surface area (Å²) in [6, 6.07) is 46.6. The summed E-state index contributed by atoms with van der Waals surface area (Å²) in [7, 11) is 3.47. The second kappa shape index (κ2) is 33.0. The lowest BCUT2D eigenvalue weighted by atomic mass is 10.1. The number of nitrogen functional groups attached to an aromatic ring is 4. The Morgan fingerprint density at radius 2 is 0.780 bits per heavy atom. The van der Waals surface area contributed by atoms with E-state index in [1.54, 1.807) is 81.4 Å². The van der Waals surface area contributed by atoms with E-state index in [1.807, 2.05) is 146 Å². The van der Waals surface area contributed by atoms with Gasteiger partial charge in [0.1, 0.15) is 92.4 Å². The van der Waals surface area contributed by atoms with Gasteiger partial charge >= 0.3 is 0 Å². The monoisotopic (exact) mass is 1780 g/mol. The Bertz CT molecular complexity index is 7760. The van der Waals surface area contributed by atoms with Crippen LogP contribution in [0.3, 0.4) is 0 Å². The molecule has 618 valence electrons. The van der Waals surface area contributed by atoms with Crippen LogP contribution in [0.15, 0.2) is 202 Å². The van der Waals surface area contributed by atoms with E-state index in [2.05, 4.69) is 78.7 Å². The fourth-order valence-corrected chi connectivity index (χ4v) is 16.7. The molecule has 0 radical (unpaired) electrons. The number of pyridine rings is 4. The number of benzene rings is 7. The maximum absolute atomic E-state index is 14.0. The summed E-state index contributed by atoms with van der Waals surface area (Å²) in [6.45, 7) is 15.6. The number of rotatable bonds is 13. The minimum absolute atomic E-state index is 0.0263. The van der Waals surface area contributed by atoms with Crippen molar-refractivity contribution < 1.29 is 19.7 Å². The molecule has 12 aromatic heterocycles. The number of phenolic OH excluding ortho intramolecular Hbond substituents is 3. The lowest BCUT2D eigenvalue weighted by Crippen LogP contribution is -2.27. The van der Waals surface area contributed by atoms with E-state index in [9.17, 15) is 38.9 Å². The minimum atomic E-state index is -0.606. The third kappa shape index (κ3) is 15.3. The Kier molecular flexibility index (Phi) is 22.0. The van der Waals surface area contributed by atoms with Crippen molar-refractivity contribution in [1.82, 2.24) is 97.3 Å². The van der Waals surface area contributed by atoms with Crippen LogP contribution in [0.1, 0.15) is 71.8 Å². The van der Waals surface area contributed by atoms with Crippen LogP contribution in [0.25, 0.3) is 121 Å². The normalized spacial score (nSPS) is 11.5. The van der Waals surface area contributed by atoms with E-state index in [-0.39, 0.29) is 68.7 Å². The Morgan fingerprint density at radius 3 is 1.22 bits per heavy atom. The molecule has 34 heteroatoms. The van der Waals surface area contributed by atoms with Gasteiger partial charge in [0.25, 0.3) is 22.2 Å². The van der Waals surface area contributed by atoms with Crippen molar-refractivity contribution in [3.05, 3.63) is 284 Å². The molecule has 31 nitrogen and oxygen atoms in total. The first-order valence-corrected chi connectivity index (χ1v) is 40.2. The topological polar surface area (TPSA) is 427 Å². The number of aromatic hydroxyl groups is 3. The van der Waals surface area contributed by atoms with Crippen molar-refractivity contribution in [2.45, 2.75) is 87.2 Å². The zero-order valence-corrected chi connectivity index (χ0v) is 70.7. The molecule has 0 saturated carbocycles.